The minimum absolute atomic E-state index is 0.487. The molecule has 0 radical (unpaired) electrons. The van der Waals surface area contributed by atoms with Crippen molar-refractivity contribution in [2.24, 2.45) is 0 Å². The number of imidazole rings is 1. The molecule has 1 atom stereocenters. The van der Waals surface area contributed by atoms with Crippen LogP contribution in [0.15, 0.2) is 6.20 Å². The zero-order chi connectivity index (χ0) is 14.7. The zero-order valence-corrected chi connectivity index (χ0v) is 13.2. The Balaban J connectivity index is 2.44. The van der Waals surface area contributed by atoms with Crippen LogP contribution in [0, 0.1) is 6.92 Å². The molecule has 0 fully saturated rings. The number of aryl methyl sites for hydroxylation is 3. The molecular weight excluding hydrogens is 272 g/mol. The molecule has 1 unspecified atom stereocenters. The number of aromatic nitrogens is 3. The van der Waals surface area contributed by atoms with Gasteiger partial charge >= 0.3 is 0 Å². The summed E-state index contributed by atoms with van der Waals surface area (Å²) in [5.74, 6) is 2.25. The molecule has 2 N–H and O–H groups in total. The SMILES string of the molecule is CCCc1nc2c(N)ncc(C)c2n1CCCS(C)=O. The lowest BCUT2D eigenvalue weighted by Crippen LogP contribution is -2.07. The van der Waals surface area contributed by atoms with Crippen molar-refractivity contribution in [1.82, 2.24) is 14.5 Å². The molecule has 6 heteroatoms. The smallest absolute Gasteiger partial charge is 0.151 e. The Morgan fingerprint density at radius 2 is 2.20 bits per heavy atom. The molecule has 0 aliphatic heterocycles. The molecular formula is C14H22N4OS. The first-order chi connectivity index (χ1) is 9.54. The summed E-state index contributed by atoms with van der Waals surface area (Å²) < 4.78 is 13.4. The molecule has 5 nitrogen and oxygen atoms in total. The number of pyridine rings is 1. The van der Waals surface area contributed by atoms with Crippen LogP contribution in [-0.4, -0.2) is 30.8 Å². The number of anilines is 1. The van der Waals surface area contributed by atoms with Gasteiger partial charge in [-0.25, -0.2) is 9.97 Å². The number of hydrogen-bond acceptors (Lipinski definition) is 4. The van der Waals surface area contributed by atoms with Crippen LogP contribution < -0.4 is 5.73 Å². The van der Waals surface area contributed by atoms with Crippen LogP contribution in [0.1, 0.15) is 31.2 Å². The molecule has 2 heterocycles. The highest BCUT2D eigenvalue weighted by Crippen LogP contribution is 2.24. The normalized spacial score (nSPS) is 12.9. The Hall–Kier alpha value is -1.43. The van der Waals surface area contributed by atoms with Crippen LogP contribution in [0.25, 0.3) is 11.0 Å². The predicted octanol–water partition coefficient (Wildman–Crippen LogP) is 2.04. The van der Waals surface area contributed by atoms with Gasteiger partial charge in [-0.05, 0) is 25.3 Å². The van der Waals surface area contributed by atoms with Crippen LogP contribution in [0.4, 0.5) is 5.82 Å². The van der Waals surface area contributed by atoms with Crippen LogP contribution in [0.3, 0.4) is 0 Å². The van der Waals surface area contributed by atoms with E-state index in [0.717, 1.165) is 48.2 Å². The van der Waals surface area contributed by atoms with Gasteiger partial charge in [0.15, 0.2) is 5.82 Å². The number of fused-ring (bicyclic) bond motifs is 1. The van der Waals surface area contributed by atoms with Crippen molar-refractivity contribution in [2.75, 3.05) is 17.7 Å². The van der Waals surface area contributed by atoms with Gasteiger partial charge in [0.2, 0.25) is 0 Å². The Morgan fingerprint density at radius 1 is 1.45 bits per heavy atom. The van der Waals surface area contributed by atoms with Crippen LogP contribution in [-0.2, 0) is 23.8 Å². The van der Waals surface area contributed by atoms with Gasteiger partial charge in [0.05, 0.1) is 5.52 Å². The number of hydrogen-bond donors (Lipinski definition) is 1. The van der Waals surface area contributed by atoms with Crippen molar-refractivity contribution in [3.63, 3.8) is 0 Å². The van der Waals surface area contributed by atoms with Gasteiger partial charge in [0.1, 0.15) is 11.3 Å². The maximum Gasteiger partial charge on any atom is 0.151 e. The second kappa shape index (κ2) is 6.35. The number of nitrogen functional groups attached to an aromatic ring is 1. The Kier molecular flexibility index (Phi) is 4.75. The first-order valence-electron chi connectivity index (χ1n) is 6.94. The summed E-state index contributed by atoms with van der Waals surface area (Å²) in [6.07, 6.45) is 6.38. The average Bonchev–Trinajstić information content (AvgIpc) is 2.74. The number of nitrogens with two attached hydrogens (primary N) is 1. The van der Waals surface area contributed by atoms with Crippen LogP contribution >= 0.6 is 0 Å². The Labute approximate surface area is 122 Å². The maximum atomic E-state index is 11.2. The van der Waals surface area contributed by atoms with E-state index in [2.05, 4.69) is 21.5 Å². The van der Waals surface area contributed by atoms with E-state index in [0.29, 0.717) is 11.6 Å². The minimum Gasteiger partial charge on any atom is -0.382 e. The van der Waals surface area contributed by atoms with Gasteiger partial charge in [-0.15, -0.1) is 0 Å². The summed E-state index contributed by atoms with van der Waals surface area (Å²) >= 11 is 0. The molecule has 0 saturated heterocycles. The highest BCUT2D eigenvalue weighted by Gasteiger charge is 2.15. The highest BCUT2D eigenvalue weighted by molar-refractivity contribution is 7.84. The fourth-order valence-corrected chi connectivity index (χ4v) is 2.98. The minimum atomic E-state index is -0.752. The third-order valence-corrected chi connectivity index (χ3v) is 4.21. The van der Waals surface area contributed by atoms with Crippen LogP contribution in [0.2, 0.25) is 0 Å². The van der Waals surface area contributed by atoms with Crippen molar-refractivity contribution < 1.29 is 4.21 Å². The standard InChI is InChI=1S/C14H22N4OS/c1-4-6-11-17-12-13(10(2)9-16-14(12)15)18(11)7-5-8-20(3)19/h9H,4-8H2,1-3H3,(H2,15,16). The van der Waals surface area contributed by atoms with Gasteiger partial charge in [0, 0.05) is 42.0 Å². The van der Waals surface area contributed by atoms with E-state index in [1.54, 1.807) is 12.5 Å². The lowest BCUT2D eigenvalue weighted by Gasteiger charge is -2.09. The second-order valence-corrected chi connectivity index (χ2v) is 6.64. The lowest BCUT2D eigenvalue weighted by molar-refractivity contribution is 0.639. The highest BCUT2D eigenvalue weighted by atomic mass is 32.2. The first-order valence-corrected chi connectivity index (χ1v) is 8.67. The third kappa shape index (κ3) is 3.00. The topological polar surface area (TPSA) is 73.8 Å². The lowest BCUT2D eigenvalue weighted by atomic mass is 10.2. The van der Waals surface area contributed by atoms with Crippen LogP contribution in [0.5, 0.6) is 0 Å². The summed E-state index contributed by atoms with van der Waals surface area (Å²) in [7, 11) is -0.752. The molecule has 2 aromatic heterocycles. The third-order valence-electron chi connectivity index (χ3n) is 3.35. The van der Waals surface area contributed by atoms with E-state index < -0.39 is 10.8 Å². The van der Waals surface area contributed by atoms with Crippen molar-refractivity contribution in [1.29, 1.82) is 0 Å². The van der Waals surface area contributed by atoms with E-state index in [1.165, 1.54) is 0 Å². The summed E-state index contributed by atoms with van der Waals surface area (Å²) in [5, 5.41) is 0. The fraction of sp³-hybridized carbons (Fsp3) is 0.571. The number of nitrogens with zero attached hydrogens (tertiary/aromatic N) is 3. The molecule has 2 rings (SSSR count). The fourth-order valence-electron chi connectivity index (χ4n) is 2.45. The van der Waals surface area contributed by atoms with E-state index in [9.17, 15) is 4.21 Å². The molecule has 2 aromatic rings. The molecule has 0 bridgehead atoms. The molecule has 110 valence electrons. The summed E-state index contributed by atoms with van der Waals surface area (Å²) in [6, 6.07) is 0. The summed E-state index contributed by atoms with van der Waals surface area (Å²) in [4.78, 5) is 8.84. The summed E-state index contributed by atoms with van der Waals surface area (Å²) in [5.41, 5.74) is 8.90. The van der Waals surface area contributed by atoms with Crippen molar-refractivity contribution in [3.05, 3.63) is 17.6 Å². The average molecular weight is 294 g/mol. The van der Waals surface area contributed by atoms with Gasteiger partial charge in [-0.2, -0.15) is 0 Å². The van der Waals surface area contributed by atoms with E-state index in [1.807, 2.05) is 6.92 Å². The Bertz CT molecular complexity index is 636. The van der Waals surface area contributed by atoms with E-state index in [-0.39, 0.29) is 0 Å². The monoisotopic (exact) mass is 294 g/mol. The molecule has 0 aliphatic rings. The maximum absolute atomic E-state index is 11.2. The molecule has 20 heavy (non-hydrogen) atoms. The van der Waals surface area contributed by atoms with Crippen molar-refractivity contribution >= 4 is 27.7 Å². The predicted molar refractivity (Wildman–Crippen MR) is 84.2 cm³/mol. The van der Waals surface area contributed by atoms with Crippen molar-refractivity contribution in [3.8, 4) is 0 Å². The van der Waals surface area contributed by atoms with Gasteiger partial charge in [-0.1, -0.05) is 6.92 Å². The van der Waals surface area contributed by atoms with Gasteiger partial charge in [-0.3, -0.25) is 4.21 Å². The molecule has 0 saturated carbocycles. The molecule has 0 aliphatic carbocycles. The van der Waals surface area contributed by atoms with E-state index in [4.69, 9.17) is 5.73 Å². The molecule has 0 spiro atoms. The second-order valence-electron chi connectivity index (χ2n) is 5.08. The van der Waals surface area contributed by atoms with Gasteiger partial charge < -0.3 is 10.3 Å². The van der Waals surface area contributed by atoms with E-state index >= 15 is 0 Å². The van der Waals surface area contributed by atoms with Crippen molar-refractivity contribution in [2.45, 2.75) is 39.7 Å². The number of rotatable bonds is 6. The quantitative estimate of drug-likeness (QED) is 0.885. The molecule has 0 amide bonds. The zero-order valence-electron chi connectivity index (χ0n) is 12.3. The molecule has 0 aromatic carbocycles. The summed E-state index contributed by atoms with van der Waals surface area (Å²) in [6.45, 7) is 5.00. The first kappa shape index (κ1) is 15.0. The Morgan fingerprint density at radius 3 is 2.85 bits per heavy atom. The largest absolute Gasteiger partial charge is 0.382 e. The van der Waals surface area contributed by atoms with Gasteiger partial charge in [0.25, 0.3) is 0 Å².